The second-order valence-electron chi connectivity index (χ2n) is 10.9. The van der Waals surface area contributed by atoms with E-state index in [1.54, 1.807) is 6.08 Å². The molecule has 0 aliphatic carbocycles. The summed E-state index contributed by atoms with van der Waals surface area (Å²) in [7, 11) is -4.29. The Bertz CT molecular complexity index is 609. The molecule has 0 saturated carbocycles. The summed E-state index contributed by atoms with van der Waals surface area (Å²) in [5, 5.41) is 9.07. The lowest BCUT2D eigenvalue weighted by Gasteiger charge is -2.44. The average molecular weight is 457 g/mol. The Hall–Kier alpha value is -0.916. The van der Waals surface area contributed by atoms with E-state index in [0.29, 0.717) is 6.42 Å². The van der Waals surface area contributed by atoms with Crippen LogP contribution in [0.25, 0.3) is 0 Å². The number of carbonyl (C=O) groups is 1. The molecule has 1 N–H and O–H groups in total. The van der Waals surface area contributed by atoms with Crippen molar-refractivity contribution in [3.8, 4) is 12.3 Å². The van der Waals surface area contributed by atoms with Crippen molar-refractivity contribution in [1.29, 1.82) is 0 Å². The van der Waals surface area contributed by atoms with E-state index in [1.165, 1.54) is 0 Å². The van der Waals surface area contributed by atoms with Gasteiger partial charge in [0.15, 0.2) is 16.6 Å². The minimum Gasteiger partial charge on any atom is -0.481 e. The Morgan fingerprint density at radius 1 is 1.07 bits per heavy atom. The van der Waals surface area contributed by atoms with Crippen LogP contribution in [0.4, 0.5) is 0 Å². The Balaban J connectivity index is 6.00. The minimum absolute atomic E-state index is 0.00176. The Kier molecular flexibility index (Phi) is 10.8. The molecule has 5 nitrogen and oxygen atoms in total. The second-order valence-corrected chi connectivity index (χ2v) is 20.4. The number of rotatable bonds is 12. The van der Waals surface area contributed by atoms with Crippen LogP contribution in [0.2, 0.25) is 36.3 Å². The van der Waals surface area contributed by atoms with Crippen LogP contribution < -0.4 is 0 Å². The fourth-order valence-electron chi connectivity index (χ4n) is 2.36. The summed E-state index contributed by atoms with van der Waals surface area (Å²) in [6.45, 7) is 25.7. The molecule has 0 aromatic carbocycles. The normalized spacial score (nSPS) is 16.4. The van der Waals surface area contributed by atoms with E-state index in [9.17, 15) is 4.79 Å². The first kappa shape index (κ1) is 29.1. The number of carboxylic acids is 1. The molecule has 0 unspecified atom stereocenters. The van der Waals surface area contributed by atoms with Gasteiger partial charge in [-0.3, -0.25) is 4.79 Å². The smallest absolute Gasteiger partial charge is 0.305 e. The Morgan fingerprint density at radius 3 is 1.90 bits per heavy atom. The van der Waals surface area contributed by atoms with Gasteiger partial charge in [-0.05, 0) is 36.3 Å². The van der Waals surface area contributed by atoms with E-state index >= 15 is 0 Å². The standard InChI is InChI=1S/C23H44O5Si2/c1-13-15-19(28-30(11,12)23(6,7)8)21(26-17-16-20(24)25)18(14-2)27-29(9,10)22(3,4)5/h1,14,18-19,21H,2,15-17H2,3-12H3,(H,24,25)/t18-,19-,21-/m1/s1. The van der Waals surface area contributed by atoms with Crippen LogP contribution >= 0.6 is 0 Å². The molecule has 30 heavy (non-hydrogen) atoms. The maximum atomic E-state index is 11.1. The van der Waals surface area contributed by atoms with E-state index in [4.69, 9.17) is 25.1 Å². The van der Waals surface area contributed by atoms with Gasteiger partial charge in [0.2, 0.25) is 0 Å². The highest BCUT2D eigenvalue weighted by atomic mass is 28.4. The average Bonchev–Trinajstić information content (AvgIpc) is 2.54. The van der Waals surface area contributed by atoms with Crippen molar-refractivity contribution in [2.24, 2.45) is 0 Å². The molecule has 7 heteroatoms. The third-order valence-electron chi connectivity index (χ3n) is 6.36. The molecule has 0 fully saturated rings. The summed E-state index contributed by atoms with van der Waals surface area (Å²) in [5.74, 6) is 1.81. The van der Waals surface area contributed by atoms with Crippen molar-refractivity contribution < 1.29 is 23.5 Å². The molecule has 0 rings (SSSR count). The zero-order valence-electron chi connectivity index (χ0n) is 20.8. The van der Waals surface area contributed by atoms with Crippen molar-refractivity contribution in [3.05, 3.63) is 12.7 Å². The molecular formula is C23H44O5Si2. The van der Waals surface area contributed by atoms with Gasteiger partial charge in [0, 0.05) is 6.42 Å². The first-order valence-corrected chi connectivity index (χ1v) is 16.5. The monoisotopic (exact) mass is 456 g/mol. The number of hydrogen-bond acceptors (Lipinski definition) is 4. The lowest BCUT2D eigenvalue weighted by Crippen LogP contribution is -2.53. The molecule has 0 amide bonds. The molecule has 0 aliphatic rings. The van der Waals surface area contributed by atoms with Crippen LogP contribution in [0.3, 0.4) is 0 Å². The van der Waals surface area contributed by atoms with Gasteiger partial charge < -0.3 is 18.7 Å². The lowest BCUT2D eigenvalue weighted by molar-refractivity contribution is -0.140. The molecule has 3 atom stereocenters. The largest absolute Gasteiger partial charge is 0.481 e. The third kappa shape index (κ3) is 8.68. The van der Waals surface area contributed by atoms with Gasteiger partial charge in [-0.2, -0.15) is 0 Å². The highest BCUT2D eigenvalue weighted by Crippen LogP contribution is 2.40. The molecule has 0 aliphatic heterocycles. The van der Waals surface area contributed by atoms with Gasteiger partial charge in [0.1, 0.15) is 6.10 Å². The summed E-state index contributed by atoms with van der Waals surface area (Å²) < 4.78 is 19.4. The topological polar surface area (TPSA) is 65.0 Å². The first-order chi connectivity index (χ1) is 13.4. The SMILES string of the molecule is C#CC[C@@H](O[Si](C)(C)C(C)(C)C)[C@H](OCCC(=O)O)[C@@H](C=C)O[Si](C)(C)C(C)(C)C. The molecule has 0 spiro atoms. The molecule has 0 saturated heterocycles. The third-order valence-corrected chi connectivity index (χ3v) is 15.3. The summed E-state index contributed by atoms with van der Waals surface area (Å²) >= 11 is 0. The van der Waals surface area contributed by atoms with E-state index in [0.717, 1.165) is 0 Å². The molecule has 0 radical (unpaired) electrons. The Morgan fingerprint density at radius 2 is 1.53 bits per heavy atom. The number of aliphatic carboxylic acids is 1. The highest BCUT2D eigenvalue weighted by Gasteiger charge is 2.45. The van der Waals surface area contributed by atoms with E-state index in [2.05, 4.69) is 80.2 Å². The highest BCUT2D eigenvalue weighted by molar-refractivity contribution is 6.74. The van der Waals surface area contributed by atoms with Gasteiger partial charge in [-0.1, -0.05) is 47.6 Å². The summed E-state index contributed by atoms with van der Waals surface area (Å²) in [6, 6.07) is 0. The second kappa shape index (κ2) is 11.1. The fourth-order valence-corrected chi connectivity index (χ4v) is 4.95. The van der Waals surface area contributed by atoms with Crippen molar-refractivity contribution >= 4 is 22.6 Å². The van der Waals surface area contributed by atoms with Crippen LogP contribution in [-0.2, 0) is 18.4 Å². The maximum Gasteiger partial charge on any atom is 0.305 e. The summed E-state index contributed by atoms with van der Waals surface area (Å²) in [6.07, 6.45) is 6.32. The van der Waals surface area contributed by atoms with Crippen molar-refractivity contribution in [3.63, 3.8) is 0 Å². The zero-order valence-corrected chi connectivity index (χ0v) is 22.8. The first-order valence-electron chi connectivity index (χ1n) is 10.6. The number of terminal acetylenes is 1. The van der Waals surface area contributed by atoms with E-state index in [-0.39, 0.29) is 23.1 Å². The number of ether oxygens (including phenoxy) is 1. The van der Waals surface area contributed by atoms with Crippen molar-refractivity contribution in [1.82, 2.24) is 0 Å². The van der Waals surface area contributed by atoms with Crippen LogP contribution in [-0.4, -0.2) is 52.6 Å². The minimum atomic E-state index is -2.15. The van der Waals surface area contributed by atoms with Gasteiger partial charge >= 0.3 is 5.97 Å². The maximum absolute atomic E-state index is 11.1. The molecular weight excluding hydrogens is 412 g/mol. The van der Waals surface area contributed by atoms with Gasteiger partial charge in [-0.25, -0.2) is 0 Å². The number of carboxylic acid groups (broad SMARTS) is 1. The van der Waals surface area contributed by atoms with Gasteiger partial charge in [-0.15, -0.1) is 18.9 Å². The van der Waals surface area contributed by atoms with Gasteiger partial charge in [0.05, 0.1) is 25.2 Å². The predicted molar refractivity (Wildman–Crippen MR) is 130 cm³/mol. The molecule has 0 bridgehead atoms. The fraction of sp³-hybridized carbons (Fsp3) is 0.783. The molecule has 0 aromatic rings. The van der Waals surface area contributed by atoms with Crippen molar-refractivity contribution in [2.45, 2.75) is 109 Å². The predicted octanol–water partition coefficient (Wildman–Crippen LogP) is 5.84. The van der Waals surface area contributed by atoms with Crippen molar-refractivity contribution in [2.75, 3.05) is 6.61 Å². The van der Waals surface area contributed by atoms with Crippen LogP contribution in [0.5, 0.6) is 0 Å². The van der Waals surface area contributed by atoms with Crippen LogP contribution in [0.15, 0.2) is 12.7 Å². The molecule has 174 valence electrons. The zero-order chi connectivity index (χ0) is 24.0. The van der Waals surface area contributed by atoms with E-state index < -0.39 is 40.9 Å². The van der Waals surface area contributed by atoms with E-state index in [1.807, 2.05) is 0 Å². The lowest BCUT2D eigenvalue weighted by atomic mass is 10.1. The van der Waals surface area contributed by atoms with Crippen LogP contribution in [0.1, 0.15) is 54.4 Å². The summed E-state index contributed by atoms with van der Waals surface area (Å²) in [5.41, 5.74) is 0. The quantitative estimate of drug-likeness (QED) is 0.227. The Labute approximate surface area is 186 Å². The number of hydrogen-bond donors (Lipinski definition) is 1. The molecule has 0 aromatic heterocycles. The molecule has 0 heterocycles. The van der Waals surface area contributed by atoms with Crippen LogP contribution in [0, 0.1) is 12.3 Å². The van der Waals surface area contributed by atoms with Gasteiger partial charge in [0.25, 0.3) is 0 Å². The summed E-state index contributed by atoms with van der Waals surface area (Å²) in [4.78, 5) is 11.1.